The van der Waals surface area contributed by atoms with Crippen molar-refractivity contribution in [2.45, 2.75) is 20.0 Å². The highest BCUT2D eigenvalue weighted by Crippen LogP contribution is 2.20. The molecule has 1 aromatic heterocycles. The van der Waals surface area contributed by atoms with E-state index in [0.717, 1.165) is 29.2 Å². The molecule has 4 nitrogen and oxygen atoms in total. The molecule has 0 saturated carbocycles. The second-order valence-electron chi connectivity index (χ2n) is 5.51. The van der Waals surface area contributed by atoms with Gasteiger partial charge in [0.25, 0.3) is 0 Å². The van der Waals surface area contributed by atoms with Gasteiger partial charge in [-0.05, 0) is 35.7 Å². The van der Waals surface area contributed by atoms with Crippen LogP contribution in [-0.2, 0) is 13.0 Å². The first-order valence-electron chi connectivity index (χ1n) is 7.92. The number of ether oxygens (including phenoxy) is 1. The number of nitriles is 1. The second kappa shape index (κ2) is 7.54. The third kappa shape index (κ3) is 3.99. The fourth-order valence-corrected chi connectivity index (χ4v) is 2.28. The molecular weight excluding hydrogens is 317 g/mol. The van der Waals surface area contributed by atoms with Crippen LogP contribution >= 0.6 is 0 Å². The van der Waals surface area contributed by atoms with E-state index in [1.807, 2.05) is 42.7 Å². The van der Waals surface area contributed by atoms with E-state index in [1.54, 1.807) is 0 Å². The topological polar surface area (TPSA) is 58.8 Å². The van der Waals surface area contributed by atoms with Crippen molar-refractivity contribution < 1.29 is 9.13 Å². The Kier molecular flexibility index (Phi) is 5.00. The molecule has 0 unspecified atom stereocenters. The Morgan fingerprint density at radius 2 is 1.76 bits per heavy atom. The van der Waals surface area contributed by atoms with E-state index in [0.29, 0.717) is 5.82 Å². The first-order valence-corrected chi connectivity index (χ1v) is 7.92. The Bertz CT molecular complexity index is 900. The SMILES string of the molecule is CCc1cnc(-c2ccc(COc3ccc(C#N)cc3F)cc2)nc1. The van der Waals surface area contributed by atoms with Gasteiger partial charge in [0.1, 0.15) is 6.61 Å². The summed E-state index contributed by atoms with van der Waals surface area (Å²) >= 11 is 0. The molecule has 5 heteroatoms. The number of hydrogen-bond donors (Lipinski definition) is 0. The second-order valence-corrected chi connectivity index (χ2v) is 5.51. The molecule has 25 heavy (non-hydrogen) atoms. The minimum absolute atomic E-state index is 0.126. The van der Waals surface area contributed by atoms with E-state index in [2.05, 4.69) is 16.9 Å². The molecule has 0 saturated heterocycles. The van der Waals surface area contributed by atoms with Crippen molar-refractivity contribution in [3.8, 4) is 23.2 Å². The molecule has 0 aliphatic carbocycles. The summed E-state index contributed by atoms with van der Waals surface area (Å²) in [5.74, 6) is 0.254. The van der Waals surface area contributed by atoms with Gasteiger partial charge in [-0.15, -0.1) is 0 Å². The summed E-state index contributed by atoms with van der Waals surface area (Å²) in [6.45, 7) is 2.29. The predicted molar refractivity (Wildman–Crippen MR) is 92.3 cm³/mol. The number of hydrogen-bond acceptors (Lipinski definition) is 4. The predicted octanol–water partition coefficient (Wildman–Crippen LogP) is 4.30. The highest BCUT2D eigenvalue weighted by Gasteiger charge is 2.06. The molecular formula is C20H16FN3O. The van der Waals surface area contributed by atoms with Crippen LogP contribution in [0.2, 0.25) is 0 Å². The number of aromatic nitrogens is 2. The van der Waals surface area contributed by atoms with E-state index >= 15 is 0 Å². The summed E-state index contributed by atoms with van der Waals surface area (Å²) in [5, 5.41) is 8.74. The van der Waals surface area contributed by atoms with Crippen LogP contribution in [0.4, 0.5) is 4.39 Å². The molecule has 0 N–H and O–H groups in total. The fourth-order valence-electron chi connectivity index (χ4n) is 2.28. The van der Waals surface area contributed by atoms with E-state index in [4.69, 9.17) is 10.00 Å². The Morgan fingerprint density at radius 3 is 2.36 bits per heavy atom. The zero-order valence-electron chi connectivity index (χ0n) is 13.7. The molecule has 1 heterocycles. The Hall–Kier alpha value is -3.26. The van der Waals surface area contributed by atoms with Crippen molar-refractivity contribution >= 4 is 0 Å². The lowest BCUT2D eigenvalue weighted by Crippen LogP contribution is -1.98. The van der Waals surface area contributed by atoms with Crippen LogP contribution in [0.15, 0.2) is 54.9 Å². The zero-order chi connectivity index (χ0) is 17.6. The van der Waals surface area contributed by atoms with E-state index < -0.39 is 5.82 Å². The number of benzene rings is 2. The van der Waals surface area contributed by atoms with Gasteiger partial charge in [0.2, 0.25) is 0 Å². The standard InChI is InChI=1S/C20H16FN3O/c1-2-14-11-23-20(24-12-14)17-6-3-15(4-7-17)13-25-19-8-5-16(10-22)9-18(19)21/h3-9,11-12H,2,13H2,1H3. The average Bonchev–Trinajstić information content (AvgIpc) is 2.67. The molecule has 3 aromatic rings. The summed E-state index contributed by atoms with van der Waals surface area (Å²) < 4.78 is 19.3. The van der Waals surface area contributed by atoms with Crippen LogP contribution in [0.3, 0.4) is 0 Å². The summed E-state index contributed by atoms with van der Waals surface area (Å²) in [6.07, 6.45) is 4.56. The monoisotopic (exact) mass is 333 g/mol. The van der Waals surface area contributed by atoms with Gasteiger partial charge >= 0.3 is 0 Å². The fraction of sp³-hybridized carbons (Fsp3) is 0.150. The highest BCUT2D eigenvalue weighted by atomic mass is 19.1. The van der Waals surface area contributed by atoms with Gasteiger partial charge < -0.3 is 4.74 Å². The lowest BCUT2D eigenvalue weighted by Gasteiger charge is -2.08. The molecule has 0 radical (unpaired) electrons. The zero-order valence-corrected chi connectivity index (χ0v) is 13.7. The van der Waals surface area contributed by atoms with Crippen LogP contribution in [0, 0.1) is 17.1 Å². The van der Waals surface area contributed by atoms with Gasteiger partial charge in [0.05, 0.1) is 11.6 Å². The van der Waals surface area contributed by atoms with Crippen LogP contribution in [-0.4, -0.2) is 9.97 Å². The smallest absolute Gasteiger partial charge is 0.166 e. The Labute approximate surface area is 145 Å². The Morgan fingerprint density at radius 1 is 1.04 bits per heavy atom. The average molecular weight is 333 g/mol. The molecule has 2 aromatic carbocycles. The van der Waals surface area contributed by atoms with Crippen LogP contribution in [0.25, 0.3) is 11.4 Å². The number of nitrogens with zero attached hydrogens (tertiary/aromatic N) is 3. The molecule has 0 bridgehead atoms. The van der Waals surface area contributed by atoms with Crippen molar-refractivity contribution in [2.24, 2.45) is 0 Å². The van der Waals surface area contributed by atoms with E-state index in [-0.39, 0.29) is 17.9 Å². The summed E-state index contributed by atoms with van der Waals surface area (Å²) in [6, 6.07) is 13.7. The molecule has 0 aliphatic rings. The van der Waals surface area contributed by atoms with E-state index in [1.165, 1.54) is 12.1 Å². The van der Waals surface area contributed by atoms with Gasteiger partial charge in [-0.1, -0.05) is 31.2 Å². The van der Waals surface area contributed by atoms with Gasteiger partial charge in [0.15, 0.2) is 17.4 Å². The summed E-state index contributed by atoms with van der Waals surface area (Å²) in [5.41, 5.74) is 3.18. The third-order valence-corrected chi connectivity index (χ3v) is 3.78. The number of halogens is 1. The lowest BCUT2D eigenvalue weighted by atomic mass is 10.1. The largest absolute Gasteiger partial charge is 0.486 e. The maximum absolute atomic E-state index is 13.8. The normalized spacial score (nSPS) is 10.3. The summed E-state index contributed by atoms with van der Waals surface area (Å²) in [4.78, 5) is 8.71. The van der Waals surface area contributed by atoms with Crippen LogP contribution < -0.4 is 4.74 Å². The molecule has 0 fully saturated rings. The quantitative estimate of drug-likeness (QED) is 0.698. The third-order valence-electron chi connectivity index (χ3n) is 3.78. The molecule has 3 rings (SSSR count). The maximum Gasteiger partial charge on any atom is 0.166 e. The van der Waals surface area contributed by atoms with Crippen molar-refractivity contribution in [2.75, 3.05) is 0 Å². The van der Waals surface area contributed by atoms with Gasteiger partial charge in [-0.2, -0.15) is 5.26 Å². The first-order chi connectivity index (χ1) is 12.2. The maximum atomic E-state index is 13.8. The number of rotatable bonds is 5. The van der Waals surface area contributed by atoms with Crippen molar-refractivity contribution in [1.82, 2.24) is 9.97 Å². The van der Waals surface area contributed by atoms with Crippen LogP contribution in [0.5, 0.6) is 5.75 Å². The molecule has 0 atom stereocenters. The molecule has 124 valence electrons. The highest BCUT2D eigenvalue weighted by molar-refractivity contribution is 5.55. The van der Waals surface area contributed by atoms with Crippen molar-refractivity contribution in [3.05, 3.63) is 77.4 Å². The minimum Gasteiger partial charge on any atom is -0.486 e. The van der Waals surface area contributed by atoms with Crippen molar-refractivity contribution in [1.29, 1.82) is 5.26 Å². The number of aryl methyl sites for hydroxylation is 1. The molecule has 0 spiro atoms. The van der Waals surface area contributed by atoms with Gasteiger partial charge in [-0.3, -0.25) is 0 Å². The Balaban J connectivity index is 1.67. The van der Waals surface area contributed by atoms with E-state index in [9.17, 15) is 4.39 Å². The molecule has 0 aliphatic heterocycles. The van der Waals surface area contributed by atoms with Gasteiger partial charge in [0, 0.05) is 18.0 Å². The minimum atomic E-state index is -0.542. The van der Waals surface area contributed by atoms with Gasteiger partial charge in [-0.25, -0.2) is 14.4 Å². The summed E-state index contributed by atoms with van der Waals surface area (Å²) in [7, 11) is 0. The first kappa shape index (κ1) is 16.6. The molecule has 0 amide bonds. The lowest BCUT2D eigenvalue weighted by molar-refractivity contribution is 0.290. The van der Waals surface area contributed by atoms with Crippen molar-refractivity contribution in [3.63, 3.8) is 0 Å². The van der Waals surface area contributed by atoms with Crippen LogP contribution in [0.1, 0.15) is 23.6 Å².